The third-order valence-electron chi connectivity index (χ3n) is 17.4. The molecule has 6 aromatic carbocycles. The van der Waals surface area contributed by atoms with E-state index in [1.807, 2.05) is 24.3 Å². The summed E-state index contributed by atoms with van der Waals surface area (Å²) < 4.78 is 16.2. The van der Waals surface area contributed by atoms with Crippen molar-refractivity contribution in [3.63, 3.8) is 0 Å². The lowest BCUT2D eigenvalue weighted by atomic mass is 9.69. The van der Waals surface area contributed by atoms with Gasteiger partial charge in [0.15, 0.2) is 8.32 Å². The Balaban J connectivity index is 0.000000232. The van der Waals surface area contributed by atoms with Crippen molar-refractivity contribution >= 4 is 20.3 Å². The van der Waals surface area contributed by atoms with Crippen molar-refractivity contribution in [2.45, 2.75) is 187 Å². The fourth-order valence-electron chi connectivity index (χ4n) is 12.6. The van der Waals surface area contributed by atoms with Crippen LogP contribution in [0.15, 0.2) is 121 Å². The first-order chi connectivity index (χ1) is 38.2. The maximum Gasteiger partial charge on any atom is 0.309 e. The van der Waals surface area contributed by atoms with Crippen LogP contribution in [0.1, 0.15) is 172 Å². The van der Waals surface area contributed by atoms with Crippen molar-refractivity contribution in [2.75, 3.05) is 14.2 Å². The van der Waals surface area contributed by atoms with Gasteiger partial charge in [-0.1, -0.05) is 161 Å². The van der Waals surface area contributed by atoms with E-state index in [1.54, 1.807) is 0 Å². The molecule has 0 amide bonds. The van der Waals surface area contributed by atoms with Gasteiger partial charge < -0.3 is 19.0 Å². The largest absolute Gasteiger partial charge is 0.469 e. The van der Waals surface area contributed by atoms with Crippen molar-refractivity contribution in [2.24, 2.45) is 0 Å². The number of carbonyl (C=O) groups excluding carboxylic acids is 2. The number of aryl methyl sites for hydroxylation is 4. The zero-order chi connectivity index (χ0) is 57.9. The number of ether oxygens (including phenoxy) is 2. The molecule has 2 aliphatic carbocycles. The van der Waals surface area contributed by atoms with Crippen LogP contribution < -0.4 is 0 Å². The molecule has 6 nitrogen and oxygen atoms in total. The number of methoxy groups -OCH3 is 2. The maximum atomic E-state index is 11.6. The minimum atomic E-state index is -1.69. The summed E-state index contributed by atoms with van der Waals surface area (Å²) in [6.45, 7) is 24.6. The summed E-state index contributed by atoms with van der Waals surface area (Å²) in [6.07, 6.45) is 12.7. The number of esters is 2. The van der Waals surface area contributed by atoms with Gasteiger partial charge in [-0.15, -0.1) is 0 Å². The van der Waals surface area contributed by atoms with Gasteiger partial charge in [-0.05, 0) is 214 Å². The predicted molar refractivity (Wildman–Crippen MR) is 333 cm³/mol. The van der Waals surface area contributed by atoms with Crippen LogP contribution in [0, 0.1) is 51.4 Å². The van der Waals surface area contributed by atoms with Crippen molar-refractivity contribution in [3.8, 4) is 45.9 Å². The summed E-state index contributed by atoms with van der Waals surface area (Å²) in [6, 6.07) is 43.7. The Morgan fingerprint density at radius 1 is 0.500 bits per heavy atom. The number of hydrogen-bond acceptors (Lipinski definition) is 6. The Bertz CT molecular complexity index is 3240. The summed E-state index contributed by atoms with van der Waals surface area (Å²) in [5.41, 5.74) is 17.7. The fraction of sp³-hybridized carbons (Fsp3) is 0.425. The molecule has 0 bridgehead atoms. The first-order valence-corrected chi connectivity index (χ1v) is 32.8. The first kappa shape index (κ1) is 61.1. The van der Waals surface area contributed by atoms with E-state index in [1.165, 1.54) is 77.1 Å². The quantitative estimate of drug-likeness (QED) is 0.0591. The molecule has 0 heterocycles. The number of carbonyl (C=O) groups is 2. The van der Waals surface area contributed by atoms with Gasteiger partial charge in [0.1, 0.15) is 11.2 Å². The molecule has 80 heavy (non-hydrogen) atoms. The molecule has 6 aromatic rings. The molecule has 2 aliphatic rings. The Morgan fingerprint density at radius 2 is 0.850 bits per heavy atom. The second-order valence-corrected chi connectivity index (χ2v) is 28.2. The molecule has 0 aromatic heterocycles. The van der Waals surface area contributed by atoms with Crippen LogP contribution in [0.5, 0.6) is 0 Å². The van der Waals surface area contributed by atoms with Gasteiger partial charge in [0.05, 0.1) is 27.1 Å². The SMILES string of the molecule is CCC(CC)(c1ccc(C#CC2(O)CCCC2)c(C)c1)c1ccc(-c2ccc(CC(=O)OC)cc2)c(C)c1.CCC(CC)(c1ccc(C#CC2(O[Si](C)(C)C)CCCC2)c(C)c1)c1ccc(-c2ccc(CC(=O)OC)cc2)c(C)c1. The van der Waals surface area contributed by atoms with E-state index in [9.17, 15) is 14.7 Å². The zero-order valence-corrected chi connectivity index (χ0v) is 51.4. The smallest absolute Gasteiger partial charge is 0.309 e. The second-order valence-electron chi connectivity index (χ2n) is 23.8. The average molecular weight is 1090 g/mol. The van der Waals surface area contributed by atoms with Gasteiger partial charge in [0.25, 0.3) is 0 Å². The van der Waals surface area contributed by atoms with E-state index in [0.29, 0.717) is 6.42 Å². The van der Waals surface area contributed by atoms with Crippen LogP contribution in [-0.4, -0.2) is 50.8 Å². The van der Waals surface area contributed by atoms with Crippen molar-refractivity contribution in [1.29, 1.82) is 0 Å². The molecule has 0 unspecified atom stereocenters. The van der Waals surface area contributed by atoms with Crippen molar-refractivity contribution in [3.05, 3.63) is 188 Å². The van der Waals surface area contributed by atoms with E-state index in [2.05, 4.69) is 196 Å². The average Bonchev–Trinajstić information content (AvgIpc) is 4.22. The lowest BCUT2D eigenvalue weighted by Crippen LogP contribution is -2.39. The molecule has 2 fully saturated rings. The van der Waals surface area contributed by atoms with Gasteiger partial charge in [-0.2, -0.15) is 0 Å². The van der Waals surface area contributed by atoms with Crippen LogP contribution in [0.4, 0.5) is 0 Å². The molecule has 8 rings (SSSR count). The Morgan fingerprint density at radius 3 is 1.19 bits per heavy atom. The number of aliphatic hydroxyl groups is 1. The predicted octanol–water partition coefficient (Wildman–Crippen LogP) is 16.8. The molecule has 420 valence electrons. The molecular formula is C73H88O6Si. The van der Waals surface area contributed by atoms with Crippen molar-refractivity contribution in [1.82, 2.24) is 0 Å². The topological polar surface area (TPSA) is 82.1 Å². The van der Waals surface area contributed by atoms with Crippen LogP contribution in [0.3, 0.4) is 0 Å². The molecule has 0 spiro atoms. The van der Waals surface area contributed by atoms with E-state index in [4.69, 9.17) is 13.9 Å². The minimum Gasteiger partial charge on any atom is -0.469 e. The summed E-state index contributed by atoms with van der Waals surface area (Å²) in [5.74, 6) is 13.1. The zero-order valence-electron chi connectivity index (χ0n) is 50.4. The summed E-state index contributed by atoms with van der Waals surface area (Å²) >= 11 is 0. The monoisotopic (exact) mass is 1090 g/mol. The highest BCUT2D eigenvalue weighted by atomic mass is 28.4. The standard InChI is InChI=1S/C38H48O3Si.C35H40O3/c1-9-38(10-2,34-19-20-35(29(4)26-34)32-15-13-30(14-16-32)27-36(39)40-5)33-18-17-31(28(3)25-33)21-24-37(22-11-12-23-37)41-42(6,7)8;1-6-35(7-2,30-15-14-28(25(3)22-30)18-21-34(37)19-8-9-20-34)31-16-17-32(26(4)23-31)29-12-10-27(11-13-29)24-33(36)38-5/h13-20,25-26H,9-12,22-23,27H2,1-8H3;10-17,22-23,37H,6-9,19-20,24H2,1-5H3. The van der Waals surface area contributed by atoms with Crippen molar-refractivity contribution < 1.29 is 28.6 Å². The Kier molecular flexibility index (Phi) is 20.2. The molecular weight excluding hydrogens is 1000 g/mol. The summed E-state index contributed by atoms with van der Waals surface area (Å²) in [7, 11) is 1.15. The number of hydrogen-bond donors (Lipinski definition) is 1. The van der Waals surface area contributed by atoms with E-state index >= 15 is 0 Å². The van der Waals surface area contributed by atoms with Crippen LogP contribution >= 0.6 is 0 Å². The molecule has 1 N–H and O–H groups in total. The normalized spacial score (nSPS) is 14.7. The molecule has 2 saturated carbocycles. The van der Waals surface area contributed by atoms with Crippen LogP contribution in [0.2, 0.25) is 19.6 Å². The highest BCUT2D eigenvalue weighted by Crippen LogP contribution is 2.43. The van der Waals surface area contributed by atoms with E-state index in [-0.39, 0.29) is 34.8 Å². The summed E-state index contributed by atoms with van der Waals surface area (Å²) in [5, 5.41) is 10.6. The highest BCUT2D eigenvalue weighted by molar-refractivity contribution is 6.69. The first-order valence-electron chi connectivity index (χ1n) is 29.4. The lowest BCUT2D eigenvalue weighted by Gasteiger charge is -2.34. The molecule has 0 saturated heterocycles. The van der Waals surface area contributed by atoms with E-state index < -0.39 is 13.9 Å². The van der Waals surface area contributed by atoms with Gasteiger partial charge in [0, 0.05) is 22.0 Å². The van der Waals surface area contributed by atoms with Gasteiger partial charge in [-0.25, -0.2) is 0 Å². The number of rotatable bonds is 16. The third kappa shape index (κ3) is 14.3. The fourth-order valence-corrected chi connectivity index (χ4v) is 14.0. The third-order valence-corrected chi connectivity index (χ3v) is 18.4. The van der Waals surface area contributed by atoms with Gasteiger partial charge >= 0.3 is 11.9 Å². The van der Waals surface area contributed by atoms with Gasteiger partial charge in [-0.3, -0.25) is 9.59 Å². The maximum absolute atomic E-state index is 11.6. The summed E-state index contributed by atoms with van der Waals surface area (Å²) in [4.78, 5) is 23.2. The molecule has 0 aliphatic heterocycles. The minimum absolute atomic E-state index is 0.0714. The second kappa shape index (κ2) is 26.4. The Labute approximate surface area is 481 Å². The lowest BCUT2D eigenvalue weighted by molar-refractivity contribution is -0.140. The highest BCUT2D eigenvalue weighted by Gasteiger charge is 2.38. The van der Waals surface area contributed by atoms with Gasteiger partial charge in [0.2, 0.25) is 0 Å². The molecule has 0 radical (unpaired) electrons. The van der Waals surface area contributed by atoms with Crippen LogP contribution in [-0.2, 0) is 47.2 Å². The van der Waals surface area contributed by atoms with E-state index in [0.717, 1.165) is 103 Å². The number of benzene rings is 6. The molecule has 0 atom stereocenters. The molecule has 7 heteroatoms. The Hall–Kier alpha value is -6.48. The van der Waals surface area contributed by atoms with Crippen LogP contribution in [0.25, 0.3) is 22.3 Å².